The highest BCUT2D eigenvalue weighted by atomic mass is 19.1. The van der Waals surface area contributed by atoms with Gasteiger partial charge in [0.25, 0.3) is 5.91 Å². The molecule has 0 saturated carbocycles. The second kappa shape index (κ2) is 5.58. The summed E-state index contributed by atoms with van der Waals surface area (Å²) in [6, 6.07) is 4.58. The summed E-state index contributed by atoms with van der Waals surface area (Å²) in [5, 5.41) is 0. The lowest BCUT2D eigenvalue weighted by Crippen LogP contribution is -2.46. The van der Waals surface area contributed by atoms with Gasteiger partial charge in [-0.15, -0.1) is 0 Å². The molecule has 6 nitrogen and oxygen atoms in total. The van der Waals surface area contributed by atoms with Crippen molar-refractivity contribution in [1.82, 2.24) is 14.7 Å². The van der Waals surface area contributed by atoms with E-state index in [-0.39, 0.29) is 29.7 Å². The minimum atomic E-state index is -0.698. The number of imide groups is 1. The number of carbonyl (C=O) groups excluding carboxylic acids is 3. The van der Waals surface area contributed by atoms with Crippen LogP contribution in [0.2, 0.25) is 0 Å². The minimum absolute atomic E-state index is 0.206. The van der Waals surface area contributed by atoms with Gasteiger partial charge in [0.05, 0.1) is 0 Å². The van der Waals surface area contributed by atoms with Crippen LogP contribution in [0.3, 0.4) is 0 Å². The third kappa shape index (κ3) is 2.26. The first-order chi connectivity index (χ1) is 11.6. The summed E-state index contributed by atoms with van der Waals surface area (Å²) in [5.74, 6) is -0.764. The maximum atomic E-state index is 13.0. The van der Waals surface area contributed by atoms with E-state index in [0.717, 1.165) is 16.9 Å². The predicted octanol–water partition coefficient (Wildman–Crippen LogP) is 1.35. The number of urea groups is 1. The minimum Gasteiger partial charge on any atom is -0.336 e. The molecule has 0 radical (unpaired) electrons. The van der Waals surface area contributed by atoms with Crippen LogP contribution in [-0.4, -0.2) is 57.7 Å². The number of rotatable bonds is 3. The van der Waals surface area contributed by atoms with Crippen molar-refractivity contribution in [3.63, 3.8) is 0 Å². The molecule has 0 N–H and O–H groups in total. The molecular weight excluding hydrogens is 313 g/mol. The Morgan fingerprint density at radius 1 is 0.958 bits per heavy atom. The van der Waals surface area contributed by atoms with Crippen molar-refractivity contribution in [2.75, 3.05) is 13.1 Å². The number of hydrogen-bond acceptors (Lipinski definition) is 3. The molecule has 0 aliphatic carbocycles. The predicted molar refractivity (Wildman–Crippen MR) is 82.2 cm³/mol. The number of amides is 4. The summed E-state index contributed by atoms with van der Waals surface area (Å²) in [4.78, 5) is 42.0. The summed E-state index contributed by atoms with van der Waals surface area (Å²) < 4.78 is 13.0. The van der Waals surface area contributed by atoms with E-state index in [9.17, 15) is 18.8 Å². The topological polar surface area (TPSA) is 60.9 Å². The van der Waals surface area contributed by atoms with Crippen LogP contribution in [0, 0.1) is 5.82 Å². The van der Waals surface area contributed by atoms with E-state index >= 15 is 0 Å². The van der Waals surface area contributed by atoms with Crippen molar-refractivity contribution in [3.8, 4) is 0 Å². The van der Waals surface area contributed by atoms with Crippen molar-refractivity contribution in [3.05, 3.63) is 35.6 Å². The van der Waals surface area contributed by atoms with Gasteiger partial charge < -0.3 is 9.80 Å². The van der Waals surface area contributed by atoms with Gasteiger partial charge in [-0.1, -0.05) is 12.1 Å². The van der Waals surface area contributed by atoms with Crippen LogP contribution in [-0.2, 0) is 16.1 Å². The van der Waals surface area contributed by atoms with Crippen molar-refractivity contribution >= 4 is 17.8 Å². The van der Waals surface area contributed by atoms with Gasteiger partial charge in [-0.2, -0.15) is 0 Å². The van der Waals surface area contributed by atoms with E-state index in [4.69, 9.17) is 0 Å². The number of carbonyl (C=O) groups is 3. The zero-order valence-corrected chi connectivity index (χ0v) is 13.2. The molecule has 3 heterocycles. The zero-order valence-electron chi connectivity index (χ0n) is 13.2. The molecule has 7 heteroatoms. The van der Waals surface area contributed by atoms with E-state index < -0.39 is 6.04 Å². The molecule has 3 aliphatic rings. The molecule has 3 saturated heterocycles. The third-order valence-corrected chi connectivity index (χ3v) is 5.09. The van der Waals surface area contributed by atoms with Gasteiger partial charge in [-0.25, -0.2) is 14.1 Å². The van der Waals surface area contributed by atoms with Crippen molar-refractivity contribution in [2.24, 2.45) is 0 Å². The van der Waals surface area contributed by atoms with E-state index in [1.54, 1.807) is 21.9 Å². The molecule has 2 atom stereocenters. The van der Waals surface area contributed by atoms with Gasteiger partial charge in [-0.3, -0.25) is 9.59 Å². The lowest BCUT2D eigenvalue weighted by Gasteiger charge is -2.22. The lowest BCUT2D eigenvalue weighted by molar-refractivity contribution is -0.138. The van der Waals surface area contributed by atoms with E-state index in [2.05, 4.69) is 0 Å². The van der Waals surface area contributed by atoms with Gasteiger partial charge in [-0.05, 0) is 37.0 Å². The highest BCUT2D eigenvalue weighted by Crippen LogP contribution is 2.31. The molecule has 1 aromatic rings. The Balaban J connectivity index is 1.48. The number of fused-ring (bicyclic) bond motifs is 1. The van der Waals surface area contributed by atoms with Crippen LogP contribution in [0.1, 0.15) is 24.8 Å². The summed E-state index contributed by atoms with van der Waals surface area (Å²) in [6.45, 7) is 1.44. The third-order valence-electron chi connectivity index (χ3n) is 5.09. The van der Waals surface area contributed by atoms with Crippen LogP contribution in [0.25, 0.3) is 0 Å². The van der Waals surface area contributed by atoms with E-state index in [0.29, 0.717) is 32.5 Å². The molecule has 0 bridgehead atoms. The van der Waals surface area contributed by atoms with Crippen molar-refractivity contribution in [1.29, 1.82) is 0 Å². The van der Waals surface area contributed by atoms with Crippen LogP contribution >= 0.6 is 0 Å². The molecule has 24 heavy (non-hydrogen) atoms. The van der Waals surface area contributed by atoms with Crippen LogP contribution in [0.15, 0.2) is 24.3 Å². The molecule has 4 amide bonds. The second-order valence-corrected chi connectivity index (χ2v) is 6.53. The number of likely N-dealkylation sites (tertiary alicyclic amines) is 1. The molecular formula is C17H18FN3O3. The molecule has 0 spiro atoms. The summed E-state index contributed by atoms with van der Waals surface area (Å²) >= 11 is 0. The molecule has 3 aliphatic heterocycles. The van der Waals surface area contributed by atoms with Crippen molar-refractivity contribution < 1.29 is 18.8 Å². The quantitative estimate of drug-likeness (QED) is 0.786. The maximum Gasteiger partial charge on any atom is 0.328 e. The fourth-order valence-electron chi connectivity index (χ4n) is 3.86. The van der Waals surface area contributed by atoms with Gasteiger partial charge in [0.2, 0.25) is 5.91 Å². The fraction of sp³-hybridized carbons (Fsp3) is 0.471. The Morgan fingerprint density at radius 2 is 1.71 bits per heavy atom. The number of halogens is 1. The molecule has 2 unspecified atom stereocenters. The lowest BCUT2D eigenvalue weighted by atomic mass is 10.1. The highest BCUT2D eigenvalue weighted by Gasteiger charge is 2.53. The molecule has 4 rings (SSSR count). The Labute approximate surface area is 138 Å². The Morgan fingerprint density at radius 3 is 2.42 bits per heavy atom. The summed E-state index contributed by atoms with van der Waals surface area (Å²) in [6.07, 6.45) is 1.98. The zero-order chi connectivity index (χ0) is 16.8. The van der Waals surface area contributed by atoms with Crippen molar-refractivity contribution in [2.45, 2.75) is 37.9 Å². The number of benzene rings is 1. The first-order valence-corrected chi connectivity index (χ1v) is 8.23. The largest absolute Gasteiger partial charge is 0.336 e. The normalized spacial score (nSPS) is 26.7. The second-order valence-electron chi connectivity index (χ2n) is 6.53. The Kier molecular flexibility index (Phi) is 3.51. The van der Waals surface area contributed by atoms with Crippen LogP contribution in [0.5, 0.6) is 0 Å². The first-order valence-electron chi connectivity index (χ1n) is 8.23. The van der Waals surface area contributed by atoms with Gasteiger partial charge >= 0.3 is 6.03 Å². The highest BCUT2D eigenvalue weighted by molar-refractivity contribution is 6.08. The van der Waals surface area contributed by atoms with Crippen LogP contribution < -0.4 is 0 Å². The number of hydrogen-bond donors (Lipinski definition) is 0. The van der Waals surface area contributed by atoms with E-state index in [1.165, 1.54) is 12.1 Å². The average molecular weight is 331 g/mol. The maximum absolute atomic E-state index is 13.0. The number of nitrogens with zero attached hydrogens (tertiary/aromatic N) is 3. The van der Waals surface area contributed by atoms with Gasteiger partial charge in [0, 0.05) is 19.6 Å². The van der Waals surface area contributed by atoms with Gasteiger partial charge in [0.15, 0.2) is 0 Å². The van der Waals surface area contributed by atoms with Crippen LogP contribution in [0.4, 0.5) is 9.18 Å². The molecule has 3 fully saturated rings. The molecule has 1 aromatic carbocycles. The average Bonchev–Trinajstić information content (AvgIpc) is 3.23. The standard InChI is InChI=1S/C17H18FN3O3/c18-12-5-3-11(4-6-12)10-19-9-7-14(15(19)22)21-16(23)13-2-1-8-20(13)17(21)24/h3-6,13-14H,1-2,7-10H2. The summed E-state index contributed by atoms with van der Waals surface area (Å²) in [7, 11) is 0. The van der Waals surface area contributed by atoms with Gasteiger partial charge in [0.1, 0.15) is 17.9 Å². The Bertz CT molecular complexity index is 684. The SMILES string of the molecule is O=C1C(N2C(=O)C3CCCN3C2=O)CCN1Cc1ccc(F)cc1. The summed E-state index contributed by atoms with van der Waals surface area (Å²) in [5.41, 5.74) is 0.824. The smallest absolute Gasteiger partial charge is 0.328 e. The monoisotopic (exact) mass is 331 g/mol. The molecule has 126 valence electrons. The Hall–Kier alpha value is -2.44. The van der Waals surface area contributed by atoms with E-state index in [1.807, 2.05) is 0 Å². The fourth-order valence-corrected chi connectivity index (χ4v) is 3.86. The first kappa shape index (κ1) is 15.1. The molecule has 0 aromatic heterocycles.